The van der Waals surface area contributed by atoms with Gasteiger partial charge in [-0.05, 0) is 40.5 Å². The van der Waals surface area contributed by atoms with E-state index in [0.29, 0.717) is 34.4 Å². The predicted octanol–water partition coefficient (Wildman–Crippen LogP) is 2.11. The Hall–Kier alpha value is -1.07. The average Bonchev–Trinajstić information content (AvgIpc) is 2.35. The Labute approximate surface area is 118 Å². The van der Waals surface area contributed by atoms with Crippen LogP contribution in [0, 0.1) is 0 Å². The largest absolute Gasteiger partial charge is 0.354 e. The smallest absolute Gasteiger partial charge is 0.251 e. The quantitative estimate of drug-likeness (QED) is 0.872. The maximum absolute atomic E-state index is 12.0. The van der Waals surface area contributed by atoms with Crippen LogP contribution >= 0.6 is 27.5 Å². The third kappa shape index (κ3) is 3.23. The van der Waals surface area contributed by atoms with Crippen molar-refractivity contribution in [3.05, 3.63) is 33.3 Å². The third-order valence-electron chi connectivity index (χ3n) is 2.78. The van der Waals surface area contributed by atoms with Crippen molar-refractivity contribution >= 4 is 39.3 Å². The first-order valence-electron chi connectivity index (χ1n) is 5.59. The summed E-state index contributed by atoms with van der Waals surface area (Å²) < 4.78 is 0.689. The molecule has 2 rings (SSSR count). The number of benzene rings is 1. The fourth-order valence-corrected chi connectivity index (χ4v) is 2.26. The second-order valence-corrected chi connectivity index (χ2v) is 5.40. The van der Waals surface area contributed by atoms with Gasteiger partial charge in [0.2, 0.25) is 5.91 Å². The molecule has 18 heavy (non-hydrogen) atoms. The second-order valence-electron chi connectivity index (χ2n) is 4.14. The van der Waals surface area contributed by atoms with Crippen LogP contribution in [0.5, 0.6) is 0 Å². The standard InChI is InChI=1S/C12H12BrClN2O2/c13-9-5-7(1-3-10(9)14)12(18)16-8-2-4-11(17)15-6-8/h1,3,5,8H,2,4,6H2,(H,15,17)(H,16,18). The average molecular weight is 332 g/mol. The molecule has 4 nitrogen and oxygen atoms in total. The molecule has 0 aromatic heterocycles. The SMILES string of the molecule is O=C1CCC(NC(=O)c2ccc(Cl)c(Br)c2)CN1. The van der Waals surface area contributed by atoms with Crippen LogP contribution in [0.2, 0.25) is 5.02 Å². The van der Waals surface area contributed by atoms with Gasteiger partial charge in [-0.15, -0.1) is 0 Å². The van der Waals surface area contributed by atoms with E-state index < -0.39 is 0 Å². The first-order chi connectivity index (χ1) is 8.56. The molecule has 1 unspecified atom stereocenters. The summed E-state index contributed by atoms with van der Waals surface area (Å²) in [6.45, 7) is 0.485. The molecular weight excluding hydrogens is 320 g/mol. The number of piperidine rings is 1. The Kier molecular flexibility index (Phi) is 4.24. The molecule has 6 heteroatoms. The van der Waals surface area contributed by atoms with Gasteiger partial charge in [-0.3, -0.25) is 9.59 Å². The molecule has 0 spiro atoms. The molecule has 1 fully saturated rings. The number of rotatable bonds is 2. The first kappa shape index (κ1) is 13.4. The number of amides is 2. The maximum Gasteiger partial charge on any atom is 0.251 e. The van der Waals surface area contributed by atoms with Gasteiger partial charge in [-0.2, -0.15) is 0 Å². The Morgan fingerprint density at radius 3 is 2.89 bits per heavy atom. The van der Waals surface area contributed by atoms with Crippen LogP contribution in [0.25, 0.3) is 0 Å². The van der Waals surface area contributed by atoms with E-state index in [1.807, 2.05) is 0 Å². The van der Waals surface area contributed by atoms with Gasteiger partial charge in [-0.1, -0.05) is 11.6 Å². The van der Waals surface area contributed by atoms with Gasteiger partial charge in [0, 0.05) is 29.0 Å². The van der Waals surface area contributed by atoms with Crippen LogP contribution < -0.4 is 10.6 Å². The lowest BCUT2D eigenvalue weighted by atomic mass is 10.1. The van der Waals surface area contributed by atoms with Crippen molar-refractivity contribution in [2.24, 2.45) is 0 Å². The minimum atomic E-state index is -0.159. The van der Waals surface area contributed by atoms with E-state index in [0.717, 1.165) is 0 Å². The molecule has 1 atom stereocenters. The van der Waals surface area contributed by atoms with Crippen molar-refractivity contribution in [3.63, 3.8) is 0 Å². The van der Waals surface area contributed by atoms with Crippen LogP contribution in [0.15, 0.2) is 22.7 Å². The second kappa shape index (κ2) is 5.71. The Morgan fingerprint density at radius 2 is 2.28 bits per heavy atom. The van der Waals surface area contributed by atoms with Gasteiger partial charge in [0.05, 0.1) is 5.02 Å². The Bertz CT molecular complexity index is 483. The van der Waals surface area contributed by atoms with E-state index in [4.69, 9.17) is 11.6 Å². The minimum absolute atomic E-state index is 0.00958. The molecular formula is C12H12BrClN2O2. The molecule has 1 aliphatic rings. The predicted molar refractivity (Wildman–Crippen MR) is 72.6 cm³/mol. The molecule has 2 amide bonds. The molecule has 96 valence electrons. The number of hydrogen-bond donors (Lipinski definition) is 2. The van der Waals surface area contributed by atoms with Gasteiger partial charge < -0.3 is 10.6 Å². The number of carbonyl (C=O) groups excluding carboxylic acids is 2. The summed E-state index contributed by atoms with van der Waals surface area (Å²) in [5.41, 5.74) is 0.545. The Morgan fingerprint density at radius 1 is 1.50 bits per heavy atom. The van der Waals surface area contributed by atoms with E-state index >= 15 is 0 Å². The number of halogens is 2. The first-order valence-corrected chi connectivity index (χ1v) is 6.76. The molecule has 0 saturated carbocycles. The fraction of sp³-hybridized carbons (Fsp3) is 0.333. The van der Waals surface area contributed by atoms with Crippen molar-refractivity contribution < 1.29 is 9.59 Å². The molecule has 1 heterocycles. The highest BCUT2D eigenvalue weighted by molar-refractivity contribution is 9.10. The molecule has 0 aliphatic carbocycles. The van der Waals surface area contributed by atoms with Crippen LogP contribution in [0.4, 0.5) is 0 Å². The summed E-state index contributed by atoms with van der Waals surface area (Å²) in [5.74, 6) is -0.122. The molecule has 1 aromatic rings. The van der Waals surface area contributed by atoms with Crippen molar-refractivity contribution in [2.75, 3.05) is 6.54 Å². The van der Waals surface area contributed by atoms with E-state index in [2.05, 4.69) is 26.6 Å². The van der Waals surface area contributed by atoms with E-state index in [1.54, 1.807) is 18.2 Å². The number of carbonyl (C=O) groups is 2. The zero-order valence-corrected chi connectivity index (χ0v) is 11.8. The molecule has 1 aromatic carbocycles. The van der Waals surface area contributed by atoms with Crippen LogP contribution in [0.1, 0.15) is 23.2 Å². The summed E-state index contributed by atoms with van der Waals surface area (Å²) in [5, 5.41) is 6.18. The number of nitrogens with one attached hydrogen (secondary N) is 2. The third-order valence-corrected chi connectivity index (χ3v) is 4.00. The van der Waals surface area contributed by atoms with Crippen molar-refractivity contribution in [2.45, 2.75) is 18.9 Å². The molecule has 2 N–H and O–H groups in total. The van der Waals surface area contributed by atoms with Gasteiger partial charge >= 0.3 is 0 Å². The summed E-state index contributed by atoms with van der Waals surface area (Å²) in [7, 11) is 0. The lowest BCUT2D eigenvalue weighted by Crippen LogP contribution is -2.47. The number of hydrogen-bond acceptors (Lipinski definition) is 2. The Balaban J connectivity index is 1.99. The van der Waals surface area contributed by atoms with Crippen LogP contribution in [-0.4, -0.2) is 24.4 Å². The lowest BCUT2D eigenvalue weighted by molar-refractivity contribution is -0.122. The monoisotopic (exact) mass is 330 g/mol. The van der Waals surface area contributed by atoms with Gasteiger partial charge in [0.1, 0.15) is 0 Å². The van der Waals surface area contributed by atoms with Gasteiger partial charge in [0.15, 0.2) is 0 Å². The van der Waals surface area contributed by atoms with E-state index in [-0.39, 0.29) is 17.9 Å². The summed E-state index contributed by atoms with van der Waals surface area (Å²) in [4.78, 5) is 23.0. The molecule has 0 radical (unpaired) electrons. The normalized spacial score (nSPS) is 19.2. The zero-order chi connectivity index (χ0) is 13.1. The molecule has 1 aliphatic heterocycles. The summed E-state index contributed by atoms with van der Waals surface area (Å²) in [6, 6.07) is 5.01. The summed E-state index contributed by atoms with van der Waals surface area (Å²) >= 11 is 9.15. The summed E-state index contributed by atoms with van der Waals surface area (Å²) in [6.07, 6.45) is 1.13. The highest BCUT2D eigenvalue weighted by Gasteiger charge is 2.20. The molecule has 0 bridgehead atoms. The highest BCUT2D eigenvalue weighted by atomic mass is 79.9. The van der Waals surface area contributed by atoms with Crippen LogP contribution in [0.3, 0.4) is 0 Å². The van der Waals surface area contributed by atoms with E-state index in [9.17, 15) is 9.59 Å². The van der Waals surface area contributed by atoms with E-state index in [1.165, 1.54) is 0 Å². The highest BCUT2D eigenvalue weighted by Crippen LogP contribution is 2.23. The zero-order valence-electron chi connectivity index (χ0n) is 9.50. The molecule has 1 saturated heterocycles. The van der Waals surface area contributed by atoms with Crippen molar-refractivity contribution in [3.8, 4) is 0 Å². The lowest BCUT2D eigenvalue weighted by Gasteiger charge is -2.23. The minimum Gasteiger partial charge on any atom is -0.354 e. The van der Waals surface area contributed by atoms with Crippen molar-refractivity contribution in [1.82, 2.24) is 10.6 Å². The topological polar surface area (TPSA) is 58.2 Å². The maximum atomic E-state index is 12.0. The fourth-order valence-electron chi connectivity index (χ4n) is 1.76. The van der Waals surface area contributed by atoms with Crippen LogP contribution in [-0.2, 0) is 4.79 Å². The van der Waals surface area contributed by atoms with Crippen molar-refractivity contribution in [1.29, 1.82) is 0 Å². The van der Waals surface area contributed by atoms with Gasteiger partial charge in [-0.25, -0.2) is 0 Å². The van der Waals surface area contributed by atoms with Gasteiger partial charge in [0.25, 0.3) is 5.91 Å².